The molecule has 8 heteroatoms. The van der Waals surface area contributed by atoms with E-state index in [1.165, 1.54) is 18.5 Å². The van der Waals surface area contributed by atoms with Gasteiger partial charge in [0.05, 0.1) is 6.54 Å². The van der Waals surface area contributed by atoms with Gasteiger partial charge in [-0.25, -0.2) is 19.2 Å². The lowest BCUT2D eigenvalue weighted by atomic mass is 9.99. The smallest absolute Gasteiger partial charge is 0.374 e. The molecular formula is C26H26FN5O2. The highest BCUT2D eigenvalue weighted by molar-refractivity contribution is 5.85. The van der Waals surface area contributed by atoms with Crippen LogP contribution in [0.3, 0.4) is 0 Å². The fourth-order valence-corrected chi connectivity index (χ4v) is 4.42. The number of nitrogens with one attached hydrogen (secondary N) is 1. The number of amides is 1. The molecule has 0 radical (unpaired) electrons. The highest BCUT2D eigenvalue weighted by Crippen LogP contribution is 2.28. The summed E-state index contributed by atoms with van der Waals surface area (Å²) in [6.07, 6.45) is 5.92. The summed E-state index contributed by atoms with van der Waals surface area (Å²) >= 11 is 0. The van der Waals surface area contributed by atoms with Crippen molar-refractivity contribution in [3.05, 3.63) is 78.5 Å². The molecule has 174 valence electrons. The van der Waals surface area contributed by atoms with Crippen LogP contribution in [0.2, 0.25) is 0 Å². The number of aromatic nitrogens is 3. The highest BCUT2D eigenvalue weighted by Gasteiger charge is 2.30. The Bertz CT molecular complexity index is 1280. The lowest BCUT2D eigenvalue weighted by Crippen LogP contribution is -2.47. The summed E-state index contributed by atoms with van der Waals surface area (Å²) in [7, 11) is 2.06. The number of hydrogen-bond acceptors (Lipinski definition) is 5. The summed E-state index contributed by atoms with van der Waals surface area (Å²) in [4.78, 5) is 28.2. The van der Waals surface area contributed by atoms with Crippen molar-refractivity contribution < 1.29 is 13.9 Å². The van der Waals surface area contributed by atoms with E-state index in [0.717, 1.165) is 48.0 Å². The van der Waals surface area contributed by atoms with Crippen LogP contribution in [0.1, 0.15) is 18.4 Å². The number of rotatable bonds is 5. The standard InChI is InChI=1S/C26H26FN5O2/c1-31-13-8-22(9-14-31)32(26(33)34-25-29-10-2-11-30-25)17-21-16-18(3-5-23(21)27)19-4-6-24-20(15-19)7-12-28-24/h2-7,10-12,15-16,22,28H,8-9,13-14,17H2,1H3. The number of ether oxygens (including phenoxy) is 1. The highest BCUT2D eigenvalue weighted by atomic mass is 19.1. The van der Waals surface area contributed by atoms with Gasteiger partial charge in [0.15, 0.2) is 0 Å². The molecule has 2 aromatic heterocycles. The minimum Gasteiger partial charge on any atom is -0.374 e. The van der Waals surface area contributed by atoms with Gasteiger partial charge in [-0.2, -0.15) is 0 Å². The quantitative estimate of drug-likeness (QED) is 0.461. The van der Waals surface area contributed by atoms with Crippen molar-refractivity contribution >= 4 is 17.0 Å². The van der Waals surface area contributed by atoms with Crippen molar-refractivity contribution in [1.82, 2.24) is 24.8 Å². The SMILES string of the molecule is CN1CCC(N(Cc2cc(-c3ccc4[nH]ccc4c3)ccc2F)C(=O)Oc2ncccn2)CC1. The molecule has 3 heterocycles. The van der Waals surface area contributed by atoms with Crippen LogP contribution < -0.4 is 4.74 Å². The van der Waals surface area contributed by atoms with E-state index in [1.54, 1.807) is 17.0 Å². The number of likely N-dealkylation sites (tertiary alicyclic amines) is 1. The van der Waals surface area contributed by atoms with E-state index in [9.17, 15) is 9.18 Å². The molecule has 1 N–H and O–H groups in total. The van der Waals surface area contributed by atoms with Gasteiger partial charge in [-0.15, -0.1) is 0 Å². The van der Waals surface area contributed by atoms with Crippen LogP contribution in [-0.2, 0) is 6.54 Å². The Kier molecular flexibility index (Phi) is 6.22. The summed E-state index contributed by atoms with van der Waals surface area (Å²) < 4.78 is 20.4. The average molecular weight is 460 g/mol. The Balaban J connectivity index is 1.43. The monoisotopic (exact) mass is 459 g/mol. The molecule has 0 unspecified atom stereocenters. The van der Waals surface area contributed by atoms with E-state index in [1.807, 2.05) is 30.5 Å². The molecule has 0 atom stereocenters. The Morgan fingerprint density at radius 2 is 1.85 bits per heavy atom. The molecule has 34 heavy (non-hydrogen) atoms. The van der Waals surface area contributed by atoms with Crippen molar-refractivity contribution in [3.63, 3.8) is 0 Å². The first kappa shape index (κ1) is 22.0. The van der Waals surface area contributed by atoms with Gasteiger partial charge in [-0.05, 0) is 85.9 Å². The predicted molar refractivity (Wildman–Crippen MR) is 128 cm³/mol. The molecule has 1 aliphatic heterocycles. The molecule has 4 aromatic rings. The van der Waals surface area contributed by atoms with Gasteiger partial charge in [0.1, 0.15) is 5.82 Å². The number of benzene rings is 2. The molecule has 0 aliphatic carbocycles. The molecule has 1 saturated heterocycles. The fraction of sp³-hybridized carbons (Fsp3) is 0.269. The zero-order valence-corrected chi connectivity index (χ0v) is 18.9. The van der Waals surface area contributed by atoms with Gasteiger partial charge < -0.3 is 19.5 Å². The number of nitrogens with zero attached hydrogens (tertiary/aromatic N) is 4. The number of fused-ring (bicyclic) bond motifs is 1. The maximum Gasteiger partial charge on any atom is 0.418 e. The summed E-state index contributed by atoms with van der Waals surface area (Å²) in [5.41, 5.74) is 3.36. The van der Waals surface area contributed by atoms with E-state index in [0.29, 0.717) is 5.56 Å². The third-order valence-corrected chi connectivity index (χ3v) is 6.36. The molecule has 0 saturated carbocycles. The summed E-state index contributed by atoms with van der Waals surface area (Å²) in [5.74, 6) is -0.354. The lowest BCUT2D eigenvalue weighted by molar-refractivity contribution is 0.0950. The summed E-state index contributed by atoms with van der Waals surface area (Å²) in [6, 6.07) is 14.7. The normalized spacial score (nSPS) is 14.9. The molecule has 1 amide bonds. The van der Waals surface area contributed by atoms with Crippen molar-refractivity contribution in [3.8, 4) is 17.1 Å². The van der Waals surface area contributed by atoms with E-state index in [4.69, 9.17) is 4.74 Å². The number of H-pyrrole nitrogens is 1. The van der Waals surface area contributed by atoms with E-state index < -0.39 is 6.09 Å². The van der Waals surface area contributed by atoms with Crippen LogP contribution in [-0.4, -0.2) is 57.0 Å². The fourth-order valence-electron chi connectivity index (χ4n) is 4.42. The summed E-state index contributed by atoms with van der Waals surface area (Å²) in [5, 5.41) is 1.09. The average Bonchev–Trinajstić information content (AvgIpc) is 3.33. The van der Waals surface area contributed by atoms with Crippen molar-refractivity contribution in [2.75, 3.05) is 20.1 Å². The summed E-state index contributed by atoms with van der Waals surface area (Å²) in [6.45, 7) is 1.82. The Morgan fingerprint density at radius 1 is 1.12 bits per heavy atom. The number of hydrogen-bond donors (Lipinski definition) is 1. The maximum atomic E-state index is 15.0. The van der Waals surface area contributed by atoms with Crippen molar-refractivity contribution in [1.29, 1.82) is 0 Å². The van der Waals surface area contributed by atoms with Gasteiger partial charge >= 0.3 is 12.1 Å². The Hall–Kier alpha value is -3.78. The Morgan fingerprint density at radius 3 is 2.65 bits per heavy atom. The molecule has 0 bridgehead atoms. The number of carbonyl (C=O) groups excluding carboxylic acids is 1. The zero-order chi connectivity index (χ0) is 23.5. The van der Waals surface area contributed by atoms with Crippen LogP contribution in [0, 0.1) is 5.82 Å². The Labute approximate surface area is 197 Å². The minimum absolute atomic E-state index is 0.0144. The largest absolute Gasteiger partial charge is 0.418 e. The molecule has 1 aliphatic rings. The van der Waals surface area contributed by atoms with Gasteiger partial charge in [-0.3, -0.25) is 0 Å². The second-order valence-electron chi connectivity index (χ2n) is 8.65. The third kappa shape index (κ3) is 4.77. The third-order valence-electron chi connectivity index (χ3n) is 6.36. The minimum atomic E-state index is -0.570. The first-order chi connectivity index (χ1) is 16.6. The van der Waals surface area contributed by atoms with Gasteiger partial charge in [-0.1, -0.05) is 12.1 Å². The van der Waals surface area contributed by atoms with Crippen molar-refractivity contribution in [2.24, 2.45) is 0 Å². The van der Waals surface area contributed by atoms with E-state index in [2.05, 4.69) is 33.0 Å². The second-order valence-corrected chi connectivity index (χ2v) is 8.65. The van der Waals surface area contributed by atoms with Crippen molar-refractivity contribution in [2.45, 2.75) is 25.4 Å². The topological polar surface area (TPSA) is 74.4 Å². The van der Waals surface area contributed by atoms with Crippen LogP contribution in [0.5, 0.6) is 6.01 Å². The lowest BCUT2D eigenvalue weighted by Gasteiger charge is -2.36. The van der Waals surface area contributed by atoms with Crippen LogP contribution >= 0.6 is 0 Å². The van der Waals surface area contributed by atoms with E-state index >= 15 is 0 Å². The molecule has 1 fully saturated rings. The predicted octanol–water partition coefficient (Wildman–Crippen LogP) is 4.86. The number of carbonyl (C=O) groups is 1. The molecular weight excluding hydrogens is 433 g/mol. The number of halogens is 1. The van der Waals surface area contributed by atoms with E-state index in [-0.39, 0.29) is 24.4 Å². The van der Waals surface area contributed by atoms with Gasteiger partial charge in [0.2, 0.25) is 0 Å². The van der Waals surface area contributed by atoms with Crippen LogP contribution in [0.15, 0.2) is 67.1 Å². The number of aromatic amines is 1. The van der Waals surface area contributed by atoms with Gasteiger partial charge in [0.25, 0.3) is 0 Å². The van der Waals surface area contributed by atoms with Crippen LogP contribution in [0.4, 0.5) is 9.18 Å². The maximum absolute atomic E-state index is 15.0. The number of piperidine rings is 1. The van der Waals surface area contributed by atoms with Gasteiger partial charge in [0, 0.05) is 35.7 Å². The second kappa shape index (κ2) is 9.61. The molecule has 2 aromatic carbocycles. The first-order valence-corrected chi connectivity index (χ1v) is 11.4. The molecule has 0 spiro atoms. The van der Waals surface area contributed by atoms with Crippen LogP contribution in [0.25, 0.3) is 22.0 Å². The molecule has 5 rings (SSSR count). The zero-order valence-electron chi connectivity index (χ0n) is 18.9. The molecule has 7 nitrogen and oxygen atoms in total. The first-order valence-electron chi connectivity index (χ1n) is 11.4.